The Morgan fingerprint density at radius 1 is 1.14 bits per heavy atom. The van der Waals surface area contributed by atoms with E-state index in [2.05, 4.69) is 15.5 Å². The molecule has 1 N–H and O–H groups in total. The standard InChI is InChI=1S/C18H17N3O4S2.ClH/c1-19-18-20-17(21-25-18)12-2-4-13(5-3-12)24-14-6-8-16(9-7-14)27(22,23)11-15-10-26-15;/h2-9,15H,10-11H2,1H3,(H,19,20,21);1H. The van der Waals surface area contributed by atoms with Crippen LogP contribution in [0.15, 0.2) is 57.9 Å². The summed E-state index contributed by atoms with van der Waals surface area (Å²) in [5.74, 6) is 2.80. The number of halogens is 1. The van der Waals surface area contributed by atoms with Crippen LogP contribution in [0.25, 0.3) is 11.4 Å². The Kier molecular flexibility index (Phi) is 6.17. The van der Waals surface area contributed by atoms with Gasteiger partial charge in [0.05, 0.1) is 10.6 Å². The van der Waals surface area contributed by atoms with Crippen molar-refractivity contribution >= 4 is 40.0 Å². The summed E-state index contributed by atoms with van der Waals surface area (Å²) >= 11 is 1.67. The van der Waals surface area contributed by atoms with Gasteiger partial charge in [-0.25, -0.2) is 8.42 Å². The first-order valence-corrected chi connectivity index (χ1v) is 11.0. The number of ether oxygens (including phenoxy) is 1. The maximum atomic E-state index is 12.3. The summed E-state index contributed by atoms with van der Waals surface area (Å²) in [4.78, 5) is 4.51. The molecule has 0 bridgehead atoms. The minimum absolute atomic E-state index is 0. The zero-order valence-electron chi connectivity index (χ0n) is 14.9. The molecule has 2 heterocycles. The average molecular weight is 440 g/mol. The molecule has 0 aliphatic carbocycles. The number of rotatable bonds is 7. The second-order valence-corrected chi connectivity index (χ2v) is 9.38. The Bertz CT molecular complexity index is 1030. The third-order valence-electron chi connectivity index (χ3n) is 3.98. The van der Waals surface area contributed by atoms with Crippen LogP contribution in [0, 0.1) is 0 Å². The Morgan fingerprint density at radius 2 is 1.75 bits per heavy atom. The smallest absolute Gasteiger partial charge is 0.321 e. The fourth-order valence-corrected chi connectivity index (χ4v) is 5.15. The third kappa shape index (κ3) is 4.78. The predicted molar refractivity (Wildman–Crippen MR) is 111 cm³/mol. The first-order chi connectivity index (χ1) is 13.0. The minimum Gasteiger partial charge on any atom is -0.457 e. The van der Waals surface area contributed by atoms with E-state index in [0.29, 0.717) is 28.2 Å². The van der Waals surface area contributed by atoms with Gasteiger partial charge < -0.3 is 14.6 Å². The van der Waals surface area contributed by atoms with E-state index >= 15 is 0 Å². The van der Waals surface area contributed by atoms with Gasteiger partial charge in [-0.2, -0.15) is 16.7 Å². The van der Waals surface area contributed by atoms with Crippen LogP contribution in [0.4, 0.5) is 6.01 Å². The molecule has 1 fully saturated rings. The lowest BCUT2D eigenvalue weighted by Gasteiger charge is -2.08. The molecule has 10 heteroatoms. The highest BCUT2D eigenvalue weighted by molar-refractivity contribution is 8.08. The molecular formula is C18H18ClN3O4S2. The predicted octanol–water partition coefficient (Wildman–Crippen LogP) is 3.88. The molecule has 1 aliphatic heterocycles. The van der Waals surface area contributed by atoms with E-state index < -0.39 is 9.84 Å². The lowest BCUT2D eigenvalue weighted by molar-refractivity contribution is 0.434. The van der Waals surface area contributed by atoms with E-state index in [9.17, 15) is 8.42 Å². The Labute approximate surface area is 173 Å². The van der Waals surface area contributed by atoms with Crippen LogP contribution in [0.3, 0.4) is 0 Å². The van der Waals surface area contributed by atoms with Crippen molar-refractivity contribution in [3.63, 3.8) is 0 Å². The SMILES string of the molecule is CNc1nc(-c2ccc(Oc3ccc(S(=O)(=O)CC4CS4)cc3)cc2)no1.Cl. The zero-order chi connectivity index (χ0) is 18.9. The molecule has 1 saturated heterocycles. The fraction of sp³-hybridized carbons (Fsp3) is 0.222. The molecule has 7 nitrogen and oxygen atoms in total. The van der Waals surface area contributed by atoms with Crippen molar-refractivity contribution in [1.82, 2.24) is 10.1 Å². The van der Waals surface area contributed by atoms with Crippen molar-refractivity contribution in [2.45, 2.75) is 10.1 Å². The monoisotopic (exact) mass is 439 g/mol. The molecule has 0 amide bonds. The van der Waals surface area contributed by atoms with Crippen LogP contribution in [-0.2, 0) is 9.84 Å². The van der Waals surface area contributed by atoms with Gasteiger partial charge in [-0.3, -0.25) is 0 Å². The van der Waals surface area contributed by atoms with E-state index in [1.165, 1.54) is 0 Å². The molecule has 1 atom stereocenters. The van der Waals surface area contributed by atoms with Gasteiger partial charge in [0, 0.05) is 23.6 Å². The van der Waals surface area contributed by atoms with E-state index in [1.807, 2.05) is 12.1 Å². The van der Waals surface area contributed by atoms with Gasteiger partial charge in [-0.05, 0) is 48.5 Å². The van der Waals surface area contributed by atoms with Crippen LogP contribution in [0.2, 0.25) is 0 Å². The van der Waals surface area contributed by atoms with Gasteiger partial charge in [-0.1, -0.05) is 5.16 Å². The quantitative estimate of drug-likeness (QED) is 0.554. The number of anilines is 1. The van der Waals surface area contributed by atoms with Crippen LogP contribution in [0.5, 0.6) is 11.5 Å². The molecule has 2 aromatic carbocycles. The third-order valence-corrected chi connectivity index (χ3v) is 6.99. The highest BCUT2D eigenvalue weighted by Gasteiger charge is 2.29. The maximum absolute atomic E-state index is 12.3. The summed E-state index contributed by atoms with van der Waals surface area (Å²) in [6.45, 7) is 0. The number of nitrogens with zero attached hydrogens (tertiary/aromatic N) is 2. The topological polar surface area (TPSA) is 94.3 Å². The highest BCUT2D eigenvalue weighted by Crippen LogP contribution is 2.33. The van der Waals surface area contributed by atoms with Gasteiger partial charge in [-0.15, -0.1) is 12.4 Å². The Hall–Kier alpha value is -2.23. The van der Waals surface area contributed by atoms with Crippen molar-refractivity contribution in [1.29, 1.82) is 0 Å². The molecule has 1 aromatic heterocycles. The van der Waals surface area contributed by atoms with E-state index in [4.69, 9.17) is 9.26 Å². The van der Waals surface area contributed by atoms with Crippen molar-refractivity contribution in [3.05, 3.63) is 48.5 Å². The molecule has 4 rings (SSSR count). The van der Waals surface area contributed by atoms with Crippen molar-refractivity contribution in [3.8, 4) is 22.9 Å². The van der Waals surface area contributed by atoms with Gasteiger partial charge in [0.15, 0.2) is 9.84 Å². The van der Waals surface area contributed by atoms with Gasteiger partial charge >= 0.3 is 6.01 Å². The summed E-state index contributed by atoms with van der Waals surface area (Å²) < 4.78 is 35.3. The summed E-state index contributed by atoms with van der Waals surface area (Å²) in [6.07, 6.45) is 0. The van der Waals surface area contributed by atoms with Crippen molar-refractivity contribution < 1.29 is 17.7 Å². The van der Waals surface area contributed by atoms with Gasteiger partial charge in [0.2, 0.25) is 5.82 Å². The Morgan fingerprint density at radius 3 is 2.29 bits per heavy atom. The largest absolute Gasteiger partial charge is 0.457 e. The molecule has 148 valence electrons. The zero-order valence-corrected chi connectivity index (χ0v) is 17.3. The summed E-state index contributed by atoms with van der Waals surface area (Å²) in [5, 5.41) is 6.90. The summed E-state index contributed by atoms with van der Waals surface area (Å²) in [6, 6.07) is 14.1. The molecule has 28 heavy (non-hydrogen) atoms. The normalized spacial score (nSPS) is 15.5. The lowest BCUT2D eigenvalue weighted by Crippen LogP contribution is -2.10. The van der Waals surface area contributed by atoms with Crippen molar-refractivity contribution in [2.75, 3.05) is 23.9 Å². The molecular weight excluding hydrogens is 422 g/mol. The van der Waals surface area contributed by atoms with Gasteiger partial charge in [0.25, 0.3) is 0 Å². The average Bonchev–Trinajstić information content (AvgIpc) is 3.34. The Balaban J connectivity index is 0.00000225. The molecule has 1 aliphatic rings. The first-order valence-electron chi connectivity index (χ1n) is 8.28. The number of aromatic nitrogens is 2. The minimum atomic E-state index is -3.23. The number of benzene rings is 2. The van der Waals surface area contributed by atoms with Gasteiger partial charge in [0.1, 0.15) is 11.5 Å². The van der Waals surface area contributed by atoms with Crippen LogP contribution < -0.4 is 10.1 Å². The molecule has 0 saturated carbocycles. The van der Waals surface area contributed by atoms with Crippen LogP contribution >= 0.6 is 24.2 Å². The lowest BCUT2D eigenvalue weighted by atomic mass is 10.2. The second-order valence-electron chi connectivity index (χ2n) is 6.01. The molecule has 3 aromatic rings. The van der Waals surface area contributed by atoms with E-state index in [-0.39, 0.29) is 23.4 Å². The van der Waals surface area contributed by atoms with Crippen LogP contribution in [-0.4, -0.2) is 42.4 Å². The number of nitrogens with one attached hydrogen (secondary N) is 1. The molecule has 0 spiro atoms. The van der Waals surface area contributed by atoms with E-state index in [1.54, 1.807) is 55.2 Å². The molecule has 0 radical (unpaired) electrons. The van der Waals surface area contributed by atoms with Crippen molar-refractivity contribution in [2.24, 2.45) is 0 Å². The first kappa shape index (κ1) is 20.5. The highest BCUT2D eigenvalue weighted by atomic mass is 35.5. The summed E-state index contributed by atoms with van der Waals surface area (Å²) in [7, 11) is -1.52. The number of thioether (sulfide) groups is 1. The number of hydrogen-bond acceptors (Lipinski definition) is 8. The summed E-state index contributed by atoms with van der Waals surface area (Å²) in [5.41, 5.74) is 0.798. The molecule has 1 unspecified atom stereocenters. The van der Waals surface area contributed by atoms with Crippen LogP contribution in [0.1, 0.15) is 0 Å². The second kappa shape index (κ2) is 8.42. The van der Waals surface area contributed by atoms with E-state index in [0.717, 1.165) is 11.3 Å². The maximum Gasteiger partial charge on any atom is 0.321 e. The number of sulfone groups is 1. The number of hydrogen-bond donors (Lipinski definition) is 1. The fourth-order valence-electron chi connectivity index (χ4n) is 2.47.